The molecule has 0 radical (unpaired) electrons. The van der Waals surface area contributed by atoms with Crippen LogP contribution >= 0.6 is 0 Å². The van der Waals surface area contributed by atoms with Crippen molar-refractivity contribution < 1.29 is 4.79 Å². The van der Waals surface area contributed by atoms with Gasteiger partial charge in [0, 0.05) is 6.42 Å². The summed E-state index contributed by atoms with van der Waals surface area (Å²) < 4.78 is 0. The van der Waals surface area contributed by atoms with Crippen LogP contribution in [0.25, 0.3) is 0 Å². The number of nitriles is 1. The van der Waals surface area contributed by atoms with E-state index in [4.69, 9.17) is 5.26 Å². The van der Waals surface area contributed by atoms with Gasteiger partial charge in [-0.1, -0.05) is 13.0 Å². The van der Waals surface area contributed by atoms with Crippen LogP contribution in [0, 0.1) is 25.2 Å². The molecule has 1 aromatic carbocycles. The van der Waals surface area contributed by atoms with Crippen molar-refractivity contribution >= 4 is 6.29 Å². The molecule has 0 aliphatic rings. The summed E-state index contributed by atoms with van der Waals surface area (Å²) in [6.45, 7) is 5.96. The van der Waals surface area contributed by atoms with Gasteiger partial charge in [0.2, 0.25) is 0 Å². The Kier molecular flexibility index (Phi) is 3.62. The Bertz CT molecular complexity index is 415. The highest BCUT2D eigenvalue weighted by atomic mass is 16.1. The molecule has 0 aromatic heterocycles. The van der Waals surface area contributed by atoms with Gasteiger partial charge >= 0.3 is 0 Å². The zero-order valence-electron chi connectivity index (χ0n) is 9.37. The van der Waals surface area contributed by atoms with Crippen LogP contribution in [0.1, 0.15) is 41.5 Å². The molecule has 15 heavy (non-hydrogen) atoms. The SMILES string of the molecule is Cc1cc(C)c(C(C)CC=O)cc1C#N. The van der Waals surface area contributed by atoms with Crippen molar-refractivity contribution in [2.75, 3.05) is 0 Å². The summed E-state index contributed by atoms with van der Waals surface area (Å²) >= 11 is 0. The molecule has 1 unspecified atom stereocenters. The van der Waals surface area contributed by atoms with E-state index in [1.54, 1.807) is 0 Å². The van der Waals surface area contributed by atoms with Gasteiger partial charge in [0.05, 0.1) is 11.6 Å². The first-order valence-electron chi connectivity index (χ1n) is 5.05. The van der Waals surface area contributed by atoms with E-state index in [2.05, 4.69) is 6.07 Å². The molecule has 0 aliphatic heterocycles. The summed E-state index contributed by atoms with van der Waals surface area (Å²) in [5.41, 5.74) is 3.95. The quantitative estimate of drug-likeness (QED) is 0.705. The highest BCUT2D eigenvalue weighted by Gasteiger charge is 2.10. The first kappa shape index (κ1) is 11.5. The third-order valence-electron chi connectivity index (χ3n) is 2.71. The number of benzene rings is 1. The second-order valence-electron chi connectivity index (χ2n) is 3.94. The fourth-order valence-electron chi connectivity index (χ4n) is 1.79. The number of rotatable bonds is 3. The predicted molar refractivity (Wildman–Crippen MR) is 59.7 cm³/mol. The Labute approximate surface area is 90.5 Å². The van der Waals surface area contributed by atoms with E-state index < -0.39 is 0 Å². The fraction of sp³-hybridized carbons (Fsp3) is 0.385. The number of nitrogens with zero attached hydrogens (tertiary/aromatic N) is 1. The molecule has 0 amide bonds. The Morgan fingerprint density at radius 1 is 1.40 bits per heavy atom. The third-order valence-corrected chi connectivity index (χ3v) is 2.71. The second-order valence-corrected chi connectivity index (χ2v) is 3.94. The highest BCUT2D eigenvalue weighted by molar-refractivity contribution is 5.53. The molecule has 2 heteroatoms. The average Bonchev–Trinajstić information content (AvgIpc) is 2.18. The molecule has 0 aliphatic carbocycles. The lowest BCUT2D eigenvalue weighted by atomic mass is 9.91. The van der Waals surface area contributed by atoms with E-state index in [0.717, 1.165) is 23.0 Å². The maximum atomic E-state index is 10.5. The van der Waals surface area contributed by atoms with E-state index in [1.807, 2.05) is 32.9 Å². The zero-order valence-corrected chi connectivity index (χ0v) is 9.37. The first-order chi connectivity index (χ1) is 7.10. The minimum Gasteiger partial charge on any atom is -0.303 e. The van der Waals surface area contributed by atoms with Gasteiger partial charge < -0.3 is 4.79 Å². The average molecular weight is 201 g/mol. The molecule has 1 rings (SSSR count). The van der Waals surface area contributed by atoms with Crippen LogP contribution in [0.15, 0.2) is 12.1 Å². The lowest BCUT2D eigenvalue weighted by molar-refractivity contribution is -0.108. The van der Waals surface area contributed by atoms with Crippen molar-refractivity contribution in [1.29, 1.82) is 5.26 Å². The first-order valence-corrected chi connectivity index (χ1v) is 5.05. The number of hydrogen-bond acceptors (Lipinski definition) is 2. The number of aryl methyl sites for hydroxylation is 2. The summed E-state index contributed by atoms with van der Waals surface area (Å²) in [6, 6.07) is 6.08. The molecule has 0 heterocycles. The molecule has 0 fully saturated rings. The minimum atomic E-state index is 0.190. The molecule has 2 nitrogen and oxygen atoms in total. The second kappa shape index (κ2) is 4.75. The van der Waals surface area contributed by atoms with E-state index in [1.165, 1.54) is 0 Å². The van der Waals surface area contributed by atoms with Crippen LogP contribution in [-0.2, 0) is 4.79 Å². The van der Waals surface area contributed by atoms with E-state index in [0.29, 0.717) is 12.0 Å². The molecule has 0 N–H and O–H groups in total. The largest absolute Gasteiger partial charge is 0.303 e. The summed E-state index contributed by atoms with van der Waals surface area (Å²) in [5, 5.41) is 8.93. The van der Waals surface area contributed by atoms with Crippen molar-refractivity contribution in [1.82, 2.24) is 0 Å². The number of carbonyl (C=O) groups excluding carboxylic acids is 1. The summed E-state index contributed by atoms with van der Waals surface area (Å²) in [5.74, 6) is 0.190. The summed E-state index contributed by atoms with van der Waals surface area (Å²) in [6.07, 6.45) is 1.44. The van der Waals surface area contributed by atoms with Gasteiger partial charge in [-0.2, -0.15) is 5.26 Å². The third kappa shape index (κ3) is 2.44. The molecule has 0 saturated heterocycles. The van der Waals surface area contributed by atoms with Gasteiger partial charge in [0.1, 0.15) is 6.29 Å². The summed E-state index contributed by atoms with van der Waals surface area (Å²) in [7, 11) is 0. The molecule has 78 valence electrons. The molecule has 0 spiro atoms. The lowest BCUT2D eigenvalue weighted by Crippen LogP contribution is -1.99. The van der Waals surface area contributed by atoms with Crippen molar-refractivity contribution in [3.8, 4) is 6.07 Å². The number of carbonyl (C=O) groups is 1. The van der Waals surface area contributed by atoms with Gasteiger partial charge in [-0.25, -0.2) is 0 Å². The van der Waals surface area contributed by atoms with Crippen LogP contribution < -0.4 is 0 Å². The van der Waals surface area contributed by atoms with Gasteiger partial charge in [-0.15, -0.1) is 0 Å². The molecule has 1 atom stereocenters. The highest BCUT2D eigenvalue weighted by Crippen LogP contribution is 2.24. The van der Waals surface area contributed by atoms with Crippen molar-refractivity contribution in [2.45, 2.75) is 33.1 Å². The minimum absolute atomic E-state index is 0.190. The Hall–Kier alpha value is -1.62. The molecule has 1 aromatic rings. The maximum absolute atomic E-state index is 10.5. The maximum Gasteiger partial charge on any atom is 0.120 e. The van der Waals surface area contributed by atoms with Crippen LogP contribution in [0.5, 0.6) is 0 Å². The van der Waals surface area contributed by atoms with Gasteiger partial charge in [-0.05, 0) is 42.5 Å². The monoisotopic (exact) mass is 201 g/mol. The Morgan fingerprint density at radius 2 is 2.07 bits per heavy atom. The van der Waals surface area contributed by atoms with E-state index in [9.17, 15) is 4.79 Å². The standard InChI is InChI=1S/C13H15NO/c1-9(4-5-15)13-7-12(8-14)10(2)6-11(13)3/h5-7,9H,4H2,1-3H3. The molecule has 0 saturated carbocycles. The van der Waals surface area contributed by atoms with Crippen LogP contribution in [0.2, 0.25) is 0 Å². The Morgan fingerprint density at radius 3 is 2.60 bits per heavy atom. The topological polar surface area (TPSA) is 40.9 Å². The van der Waals surface area contributed by atoms with Crippen molar-refractivity contribution in [3.63, 3.8) is 0 Å². The van der Waals surface area contributed by atoms with Crippen LogP contribution in [0.4, 0.5) is 0 Å². The van der Waals surface area contributed by atoms with Crippen LogP contribution in [0.3, 0.4) is 0 Å². The zero-order chi connectivity index (χ0) is 11.4. The normalized spacial score (nSPS) is 11.9. The van der Waals surface area contributed by atoms with Gasteiger partial charge in [0.15, 0.2) is 0 Å². The van der Waals surface area contributed by atoms with Crippen LogP contribution in [-0.4, -0.2) is 6.29 Å². The molecule has 0 bridgehead atoms. The van der Waals surface area contributed by atoms with E-state index >= 15 is 0 Å². The summed E-state index contributed by atoms with van der Waals surface area (Å²) in [4.78, 5) is 10.5. The Balaban J connectivity index is 3.19. The van der Waals surface area contributed by atoms with Gasteiger partial charge in [0.25, 0.3) is 0 Å². The lowest BCUT2D eigenvalue weighted by Gasteiger charge is -2.13. The van der Waals surface area contributed by atoms with Crippen molar-refractivity contribution in [2.24, 2.45) is 0 Å². The number of hydrogen-bond donors (Lipinski definition) is 0. The molecular formula is C13H15NO. The fourth-order valence-corrected chi connectivity index (χ4v) is 1.79. The van der Waals surface area contributed by atoms with Gasteiger partial charge in [-0.3, -0.25) is 0 Å². The smallest absolute Gasteiger partial charge is 0.120 e. The predicted octanol–water partition coefficient (Wildman–Crippen LogP) is 2.87. The number of aldehydes is 1. The van der Waals surface area contributed by atoms with Crippen molar-refractivity contribution in [3.05, 3.63) is 34.4 Å². The van der Waals surface area contributed by atoms with E-state index in [-0.39, 0.29) is 5.92 Å². The molecular weight excluding hydrogens is 186 g/mol.